The van der Waals surface area contributed by atoms with Crippen LogP contribution in [-0.2, 0) is 14.3 Å². The molecule has 0 saturated heterocycles. The molecule has 0 aliphatic rings. The van der Waals surface area contributed by atoms with Crippen LogP contribution in [-0.4, -0.2) is 38.9 Å². The molecular weight excluding hydrogens is 170 g/mol. The van der Waals surface area contributed by atoms with Crippen molar-refractivity contribution in [2.24, 2.45) is 0 Å². The third-order valence-electron chi connectivity index (χ3n) is 1.44. The van der Waals surface area contributed by atoms with E-state index < -0.39 is 0 Å². The van der Waals surface area contributed by atoms with Gasteiger partial charge in [0.1, 0.15) is 0 Å². The third-order valence-corrected chi connectivity index (χ3v) is 1.44. The normalized spacial score (nSPS) is 12.2. The summed E-state index contributed by atoms with van der Waals surface area (Å²) < 4.78 is 10.2. The molecule has 0 fully saturated rings. The molecule has 0 aliphatic heterocycles. The number of rotatable bonds is 7. The van der Waals surface area contributed by atoms with Crippen molar-refractivity contribution in [2.75, 3.05) is 26.9 Å². The van der Waals surface area contributed by atoms with Crippen LogP contribution in [0.2, 0.25) is 0 Å². The first-order valence-corrected chi connectivity index (χ1v) is 4.25. The highest BCUT2D eigenvalue weighted by atomic mass is 16.5. The first-order chi connectivity index (χ1) is 6.24. The summed E-state index contributed by atoms with van der Waals surface area (Å²) in [5.41, 5.74) is 0. The summed E-state index contributed by atoms with van der Waals surface area (Å²) >= 11 is 0. The fourth-order valence-electron chi connectivity index (χ4n) is 0.874. The Labute approximate surface area is 78.9 Å². The maximum absolute atomic E-state index is 10.8. The first kappa shape index (κ1) is 12.1. The van der Waals surface area contributed by atoms with E-state index in [9.17, 15) is 4.79 Å². The molecule has 0 aliphatic carbocycles. The Bertz CT molecular complexity index is 153. The van der Waals surface area contributed by atoms with Crippen LogP contribution in [0.25, 0.3) is 0 Å². The maximum atomic E-state index is 10.8. The molecule has 0 bridgehead atoms. The molecule has 1 atom stereocenters. The van der Waals surface area contributed by atoms with Gasteiger partial charge in [-0.2, -0.15) is 0 Å². The highest BCUT2D eigenvalue weighted by Gasteiger charge is 2.08. The quantitative estimate of drug-likeness (QED) is 0.585. The van der Waals surface area contributed by atoms with Crippen molar-refractivity contribution in [1.82, 2.24) is 5.32 Å². The number of methoxy groups -OCH3 is 1. The number of hydrogen-bond acceptors (Lipinski definition) is 3. The summed E-state index contributed by atoms with van der Waals surface area (Å²) in [4.78, 5) is 10.8. The summed E-state index contributed by atoms with van der Waals surface area (Å²) in [5.74, 6) is -0.194. The summed E-state index contributed by atoms with van der Waals surface area (Å²) in [6, 6.07) is 0. The molecule has 4 nitrogen and oxygen atoms in total. The molecule has 0 spiro atoms. The Hall–Kier alpha value is -0.870. The van der Waals surface area contributed by atoms with Gasteiger partial charge < -0.3 is 14.8 Å². The van der Waals surface area contributed by atoms with Crippen molar-refractivity contribution in [2.45, 2.75) is 13.0 Å². The van der Waals surface area contributed by atoms with E-state index in [2.05, 4.69) is 11.9 Å². The lowest BCUT2D eigenvalue weighted by Gasteiger charge is -2.15. The van der Waals surface area contributed by atoms with E-state index >= 15 is 0 Å². The van der Waals surface area contributed by atoms with Crippen molar-refractivity contribution in [3.8, 4) is 0 Å². The molecule has 0 aromatic rings. The predicted molar refractivity (Wildman–Crippen MR) is 50.5 cm³/mol. The molecular formula is C9H17NO3. The molecule has 13 heavy (non-hydrogen) atoms. The average Bonchev–Trinajstić information content (AvgIpc) is 2.14. The second-order valence-corrected chi connectivity index (χ2v) is 2.48. The van der Waals surface area contributed by atoms with Gasteiger partial charge in [0.2, 0.25) is 5.91 Å². The van der Waals surface area contributed by atoms with E-state index in [1.807, 2.05) is 6.92 Å². The minimum Gasteiger partial charge on any atom is -0.382 e. The largest absolute Gasteiger partial charge is 0.382 e. The summed E-state index contributed by atoms with van der Waals surface area (Å²) in [7, 11) is 1.60. The minimum atomic E-state index is -0.194. The lowest BCUT2D eigenvalue weighted by atomic mass is 10.3. The van der Waals surface area contributed by atoms with Crippen LogP contribution in [0, 0.1) is 0 Å². The molecule has 1 N–H and O–H groups in total. The highest BCUT2D eigenvalue weighted by Crippen LogP contribution is 1.91. The van der Waals surface area contributed by atoms with Gasteiger partial charge in [-0.05, 0) is 13.0 Å². The molecule has 0 radical (unpaired) electrons. The predicted octanol–water partition coefficient (Wildman–Crippen LogP) is 0.340. The van der Waals surface area contributed by atoms with Crippen LogP contribution in [0.5, 0.6) is 0 Å². The number of carbonyl (C=O) groups excluding carboxylic acids is 1. The maximum Gasteiger partial charge on any atom is 0.243 e. The highest BCUT2D eigenvalue weighted by molar-refractivity contribution is 5.86. The summed E-state index contributed by atoms with van der Waals surface area (Å²) in [6.07, 6.45) is 1.15. The number of nitrogens with one attached hydrogen (secondary N) is 1. The van der Waals surface area contributed by atoms with Gasteiger partial charge in [-0.3, -0.25) is 4.79 Å². The molecule has 76 valence electrons. The van der Waals surface area contributed by atoms with Crippen LogP contribution < -0.4 is 5.32 Å². The molecule has 0 rings (SSSR count). The van der Waals surface area contributed by atoms with Crippen LogP contribution in [0.15, 0.2) is 12.7 Å². The van der Waals surface area contributed by atoms with E-state index in [0.717, 1.165) is 0 Å². The third kappa shape index (κ3) is 6.31. The number of hydrogen-bond donors (Lipinski definition) is 1. The lowest BCUT2D eigenvalue weighted by molar-refractivity contribution is -0.117. The minimum absolute atomic E-state index is 0.0844. The van der Waals surface area contributed by atoms with Gasteiger partial charge in [0.15, 0.2) is 0 Å². The Morgan fingerprint density at radius 2 is 2.38 bits per heavy atom. The molecule has 0 saturated carbocycles. The Kier molecular flexibility index (Phi) is 7.24. The molecule has 1 unspecified atom stereocenters. The van der Waals surface area contributed by atoms with Crippen molar-refractivity contribution < 1.29 is 14.3 Å². The molecule has 0 aromatic carbocycles. The van der Waals surface area contributed by atoms with Gasteiger partial charge in [-0.15, -0.1) is 0 Å². The lowest BCUT2D eigenvalue weighted by Crippen LogP contribution is -2.35. The van der Waals surface area contributed by atoms with Crippen molar-refractivity contribution in [3.05, 3.63) is 12.7 Å². The van der Waals surface area contributed by atoms with Crippen LogP contribution in [0.4, 0.5) is 0 Å². The SMILES string of the molecule is C=CC(=O)NCC(COC)OCC. The fourth-order valence-corrected chi connectivity index (χ4v) is 0.874. The zero-order chi connectivity index (χ0) is 10.1. The van der Waals surface area contributed by atoms with E-state index in [-0.39, 0.29) is 12.0 Å². The first-order valence-electron chi connectivity index (χ1n) is 4.25. The van der Waals surface area contributed by atoms with Crippen molar-refractivity contribution >= 4 is 5.91 Å². The van der Waals surface area contributed by atoms with Crippen molar-refractivity contribution in [1.29, 1.82) is 0 Å². The summed E-state index contributed by atoms with van der Waals surface area (Å²) in [5, 5.41) is 2.64. The standard InChI is InChI=1S/C9H17NO3/c1-4-9(11)10-6-8(7-12-3)13-5-2/h4,8H,1,5-7H2,2-3H3,(H,10,11). The Morgan fingerprint density at radius 3 is 2.85 bits per heavy atom. The van der Waals surface area contributed by atoms with Crippen LogP contribution >= 0.6 is 0 Å². The Morgan fingerprint density at radius 1 is 1.69 bits per heavy atom. The smallest absolute Gasteiger partial charge is 0.243 e. The molecule has 4 heteroatoms. The summed E-state index contributed by atoms with van der Waals surface area (Å²) in [6.45, 7) is 6.78. The topological polar surface area (TPSA) is 47.6 Å². The van der Waals surface area contributed by atoms with Crippen LogP contribution in [0.1, 0.15) is 6.92 Å². The van der Waals surface area contributed by atoms with Gasteiger partial charge >= 0.3 is 0 Å². The van der Waals surface area contributed by atoms with Gasteiger partial charge in [-0.25, -0.2) is 0 Å². The zero-order valence-corrected chi connectivity index (χ0v) is 8.21. The number of amides is 1. The monoisotopic (exact) mass is 187 g/mol. The molecule has 0 heterocycles. The zero-order valence-electron chi connectivity index (χ0n) is 8.21. The van der Waals surface area contributed by atoms with E-state index in [1.54, 1.807) is 7.11 Å². The second kappa shape index (κ2) is 7.76. The van der Waals surface area contributed by atoms with Crippen molar-refractivity contribution in [3.63, 3.8) is 0 Å². The van der Waals surface area contributed by atoms with E-state index in [0.29, 0.717) is 19.8 Å². The number of ether oxygens (including phenoxy) is 2. The average molecular weight is 187 g/mol. The number of carbonyl (C=O) groups is 1. The van der Waals surface area contributed by atoms with Gasteiger partial charge in [0.05, 0.1) is 12.7 Å². The van der Waals surface area contributed by atoms with Gasteiger partial charge in [0, 0.05) is 20.3 Å². The molecule has 1 amide bonds. The second-order valence-electron chi connectivity index (χ2n) is 2.48. The fraction of sp³-hybridized carbons (Fsp3) is 0.667. The van der Waals surface area contributed by atoms with Gasteiger partial charge in [-0.1, -0.05) is 6.58 Å². The molecule has 0 aromatic heterocycles. The van der Waals surface area contributed by atoms with E-state index in [1.165, 1.54) is 6.08 Å². The van der Waals surface area contributed by atoms with Gasteiger partial charge in [0.25, 0.3) is 0 Å². The van der Waals surface area contributed by atoms with Crippen LogP contribution in [0.3, 0.4) is 0 Å². The Balaban J connectivity index is 3.67. The van der Waals surface area contributed by atoms with E-state index in [4.69, 9.17) is 9.47 Å².